The van der Waals surface area contributed by atoms with Gasteiger partial charge in [-0.25, -0.2) is 4.79 Å². The minimum absolute atomic E-state index is 0.605. The van der Waals surface area contributed by atoms with Gasteiger partial charge in [-0.15, -0.1) is 0 Å². The maximum Gasteiger partial charge on any atom is 0.328 e. The third-order valence-corrected chi connectivity index (χ3v) is 3.16. The number of rotatable bonds is 6. The Kier molecular flexibility index (Phi) is 6.22. The number of piperidine rings is 1. The highest BCUT2D eigenvalue weighted by atomic mass is 16.4. The van der Waals surface area contributed by atoms with Crippen molar-refractivity contribution in [1.29, 1.82) is 0 Å². The number of carboxylic acids is 1. The summed E-state index contributed by atoms with van der Waals surface area (Å²) in [4.78, 5) is 13.0. The number of hydrogen-bond donors (Lipinski definition) is 2. The molecular formula is C13H24N2O2. The summed E-state index contributed by atoms with van der Waals surface area (Å²) in [7, 11) is 0. The topological polar surface area (TPSA) is 52.6 Å². The number of hydrogen-bond acceptors (Lipinski definition) is 3. The van der Waals surface area contributed by atoms with E-state index in [4.69, 9.17) is 5.11 Å². The molecule has 1 aliphatic rings. The first-order valence-corrected chi connectivity index (χ1v) is 6.48. The molecule has 0 aliphatic carbocycles. The maximum absolute atomic E-state index is 10.6. The molecule has 4 nitrogen and oxygen atoms in total. The van der Waals surface area contributed by atoms with Crippen LogP contribution in [0.3, 0.4) is 0 Å². The summed E-state index contributed by atoms with van der Waals surface area (Å²) in [6.07, 6.45) is 4.77. The summed E-state index contributed by atoms with van der Waals surface area (Å²) >= 11 is 0. The van der Waals surface area contributed by atoms with Gasteiger partial charge < -0.3 is 10.4 Å². The van der Waals surface area contributed by atoms with Crippen LogP contribution in [0.15, 0.2) is 11.6 Å². The second-order valence-corrected chi connectivity index (χ2v) is 4.78. The molecule has 4 heteroatoms. The Morgan fingerprint density at radius 3 is 2.65 bits per heavy atom. The van der Waals surface area contributed by atoms with E-state index in [1.165, 1.54) is 18.9 Å². The SMILES string of the molecule is CCCN(C/C(C)=C/C(=O)O)C1CCNCC1. The lowest BCUT2D eigenvalue weighted by Gasteiger charge is -2.34. The number of nitrogens with one attached hydrogen (secondary N) is 1. The Morgan fingerprint density at radius 1 is 1.47 bits per heavy atom. The van der Waals surface area contributed by atoms with Crippen LogP contribution in [0.1, 0.15) is 33.1 Å². The number of aliphatic carboxylic acids is 1. The van der Waals surface area contributed by atoms with Gasteiger partial charge in [-0.2, -0.15) is 0 Å². The van der Waals surface area contributed by atoms with E-state index in [0.717, 1.165) is 38.2 Å². The van der Waals surface area contributed by atoms with Crippen molar-refractivity contribution < 1.29 is 9.90 Å². The zero-order chi connectivity index (χ0) is 12.7. The predicted molar refractivity (Wildman–Crippen MR) is 69.1 cm³/mol. The molecule has 0 radical (unpaired) electrons. The molecule has 0 spiro atoms. The average Bonchev–Trinajstić information content (AvgIpc) is 2.28. The lowest BCUT2D eigenvalue weighted by atomic mass is 10.0. The van der Waals surface area contributed by atoms with Gasteiger partial charge >= 0.3 is 5.97 Å². The molecule has 0 atom stereocenters. The second kappa shape index (κ2) is 7.45. The van der Waals surface area contributed by atoms with E-state index >= 15 is 0 Å². The highest BCUT2D eigenvalue weighted by molar-refractivity contribution is 5.80. The fourth-order valence-corrected chi connectivity index (χ4v) is 2.43. The van der Waals surface area contributed by atoms with Crippen molar-refractivity contribution in [2.45, 2.75) is 39.2 Å². The van der Waals surface area contributed by atoms with Crippen LogP contribution in [-0.4, -0.2) is 48.2 Å². The quantitative estimate of drug-likeness (QED) is 0.691. The molecule has 0 aromatic rings. The number of carbonyl (C=O) groups is 1. The molecule has 0 bridgehead atoms. The first-order chi connectivity index (χ1) is 8.13. The van der Waals surface area contributed by atoms with E-state index in [9.17, 15) is 4.79 Å². The van der Waals surface area contributed by atoms with Crippen LogP contribution in [0.4, 0.5) is 0 Å². The molecule has 1 saturated heterocycles. The Bertz CT molecular complexity index is 271. The Morgan fingerprint density at radius 2 is 2.12 bits per heavy atom. The summed E-state index contributed by atoms with van der Waals surface area (Å²) in [6.45, 7) is 8.06. The van der Waals surface area contributed by atoms with Crippen LogP contribution in [0, 0.1) is 0 Å². The van der Waals surface area contributed by atoms with Gasteiger partial charge in [0.2, 0.25) is 0 Å². The Balaban J connectivity index is 2.55. The Hall–Kier alpha value is -0.870. The third kappa shape index (κ3) is 5.33. The van der Waals surface area contributed by atoms with Gasteiger partial charge in [0, 0.05) is 18.7 Å². The maximum atomic E-state index is 10.6. The van der Waals surface area contributed by atoms with E-state index in [1.807, 2.05) is 6.92 Å². The van der Waals surface area contributed by atoms with Crippen molar-refractivity contribution in [2.24, 2.45) is 0 Å². The lowest BCUT2D eigenvalue weighted by molar-refractivity contribution is -0.131. The van der Waals surface area contributed by atoms with E-state index < -0.39 is 5.97 Å². The molecule has 2 N–H and O–H groups in total. The minimum Gasteiger partial charge on any atom is -0.478 e. The van der Waals surface area contributed by atoms with Gasteiger partial charge in [0.15, 0.2) is 0 Å². The second-order valence-electron chi connectivity index (χ2n) is 4.78. The Labute approximate surface area is 104 Å². The normalized spacial score (nSPS) is 18.6. The van der Waals surface area contributed by atoms with Gasteiger partial charge in [0.1, 0.15) is 0 Å². The van der Waals surface area contributed by atoms with E-state index in [0.29, 0.717) is 6.04 Å². The van der Waals surface area contributed by atoms with Crippen LogP contribution in [0.25, 0.3) is 0 Å². The van der Waals surface area contributed by atoms with Crippen LogP contribution >= 0.6 is 0 Å². The van der Waals surface area contributed by atoms with Crippen LogP contribution < -0.4 is 5.32 Å². The van der Waals surface area contributed by atoms with Crippen LogP contribution in [-0.2, 0) is 4.79 Å². The zero-order valence-electron chi connectivity index (χ0n) is 10.9. The van der Waals surface area contributed by atoms with Crippen LogP contribution in [0.5, 0.6) is 0 Å². The molecule has 0 saturated carbocycles. The molecule has 17 heavy (non-hydrogen) atoms. The molecule has 0 amide bonds. The average molecular weight is 240 g/mol. The largest absolute Gasteiger partial charge is 0.478 e. The fourth-order valence-electron chi connectivity index (χ4n) is 2.43. The lowest BCUT2D eigenvalue weighted by Crippen LogP contribution is -2.44. The third-order valence-electron chi connectivity index (χ3n) is 3.16. The first kappa shape index (κ1) is 14.2. The fraction of sp³-hybridized carbons (Fsp3) is 0.769. The summed E-state index contributed by atoms with van der Waals surface area (Å²) in [5.41, 5.74) is 0.935. The van der Waals surface area contributed by atoms with E-state index in [2.05, 4.69) is 17.1 Å². The first-order valence-electron chi connectivity index (χ1n) is 6.48. The molecule has 0 aromatic heterocycles. The van der Waals surface area contributed by atoms with Gasteiger partial charge in [-0.3, -0.25) is 4.90 Å². The molecule has 1 heterocycles. The van der Waals surface area contributed by atoms with Crippen molar-refractivity contribution in [1.82, 2.24) is 10.2 Å². The van der Waals surface area contributed by atoms with E-state index in [-0.39, 0.29) is 0 Å². The van der Waals surface area contributed by atoms with Gasteiger partial charge in [0.05, 0.1) is 0 Å². The van der Waals surface area contributed by atoms with Crippen molar-refractivity contribution in [3.63, 3.8) is 0 Å². The number of carboxylic acid groups (broad SMARTS) is 1. The highest BCUT2D eigenvalue weighted by Gasteiger charge is 2.20. The predicted octanol–water partition coefficient (Wildman–Crippen LogP) is 1.48. The van der Waals surface area contributed by atoms with Crippen molar-refractivity contribution in [3.8, 4) is 0 Å². The van der Waals surface area contributed by atoms with Crippen LogP contribution in [0.2, 0.25) is 0 Å². The molecule has 0 aromatic carbocycles. The monoisotopic (exact) mass is 240 g/mol. The van der Waals surface area contributed by atoms with Gasteiger partial charge in [-0.1, -0.05) is 12.5 Å². The number of nitrogens with zero attached hydrogens (tertiary/aromatic N) is 1. The summed E-state index contributed by atoms with van der Waals surface area (Å²) in [5, 5.41) is 12.1. The van der Waals surface area contributed by atoms with Crippen molar-refractivity contribution >= 4 is 5.97 Å². The standard InChI is InChI=1S/C13H24N2O2/c1-3-8-15(10-11(2)9-13(16)17)12-4-6-14-7-5-12/h9,12,14H,3-8,10H2,1-2H3,(H,16,17)/b11-9+. The smallest absolute Gasteiger partial charge is 0.328 e. The zero-order valence-corrected chi connectivity index (χ0v) is 10.9. The molecular weight excluding hydrogens is 216 g/mol. The van der Waals surface area contributed by atoms with Gasteiger partial charge in [0.25, 0.3) is 0 Å². The highest BCUT2D eigenvalue weighted by Crippen LogP contribution is 2.14. The molecule has 1 rings (SSSR count). The molecule has 1 fully saturated rings. The van der Waals surface area contributed by atoms with Gasteiger partial charge in [-0.05, 0) is 45.8 Å². The van der Waals surface area contributed by atoms with E-state index in [1.54, 1.807) is 0 Å². The van der Waals surface area contributed by atoms with Crippen molar-refractivity contribution in [3.05, 3.63) is 11.6 Å². The molecule has 1 aliphatic heterocycles. The summed E-state index contributed by atoms with van der Waals surface area (Å²) < 4.78 is 0. The molecule has 0 unspecified atom stereocenters. The minimum atomic E-state index is -0.843. The summed E-state index contributed by atoms with van der Waals surface area (Å²) in [6, 6.07) is 0.605. The van der Waals surface area contributed by atoms with Crippen molar-refractivity contribution in [2.75, 3.05) is 26.2 Å². The summed E-state index contributed by atoms with van der Waals surface area (Å²) in [5.74, 6) is -0.843. The molecule has 98 valence electrons.